The molecule has 1 heterocycles. The smallest absolute Gasteiger partial charge is 0.356 e. The number of aromatic amines is 1. The third-order valence-electron chi connectivity index (χ3n) is 3.64. The number of hydrogen-bond donors (Lipinski definition) is 2. The normalized spacial score (nSPS) is 10.3. The standard InChI is InChI=1S/C19H16ClN3O4/c1-26-17-8-7-13(9-14(17)20)21-18(24)11-27-19(25)16-10-15(22-23-16)12-5-3-2-4-6-12/h2-10H,11H2,1H3,(H,21,24)(H,22,23). The van der Waals surface area contributed by atoms with Crippen LogP contribution in [0.3, 0.4) is 0 Å². The second-order valence-corrected chi connectivity index (χ2v) is 5.91. The number of benzene rings is 2. The molecule has 0 aliphatic carbocycles. The maximum Gasteiger partial charge on any atom is 0.356 e. The third kappa shape index (κ3) is 4.65. The fourth-order valence-corrected chi connectivity index (χ4v) is 2.59. The average Bonchev–Trinajstić information content (AvgIpc) is 3.17. The first kappa shape index (κ1) is 18.5. The van der Waals surface area contributed by atoms with E-state index in [0.29, 0.717) is 22.2 Å². The summed E-state index contributed by atoms with van der Waals surface area (Å²) < 4.78 is 10.0. The van der Waals surface area contributed by atoms with E-state index in [9.17, 15) is 9.59 Å². The van der Waals surface area contributed by atoms with Gasteiger partial charge in [0.25, 0.3) is 5.91 Å². The summed E-state index contributed by atoms with van der Waals surface area (Å²) in [6, 6.07) is 15.7. The highest BCUT2D eigenvalue weighted by molar-refractivity contribution is 6.32. The van der Waals surface area contributed by atoms with E-state index in [-0.39, 0.29) is 5.69 Å². The quantitative estimate of drug-likeness (QED) is 0.633. The number of esters is 1. The number of halogens is 1. The Hall–Kier alpha value is -3.32. The maximum atomic E-state index is 12.1. The molecule has 3 rings (SSSR count). The van der Waals surface area contributed by atoms with Gasteiger partial charge < -0.3 is 14.8 Å². The number of ether oxygens (including phenoxy) is 2. The number of hydrogen-bond acceptors (Lipinski definition) is 5. The van der Waals surface area contributed by atoms with Crippen LogP contribution in [0.4, 0.5) is 5.69 Å². The number of rotatable bonds is 6. The molecule has 7 nitrogen and oxygen atoms in total. The number of methoxy groups -OCH3 is 1. The Balaban J connectivity index is 1.55. The van der Waals surface area contributed by atoms with Gasteiger partial charge in [0.15, 0.2) is 6.61 Å². The molecule has 1 aromatic heterocycles. The lowest BCUT2D eigenvalue weighted by molar-refractivity contribution is -0.119. The zero-order chi connectivity index (χ0) is 19.2. The Morgan fingerprint density at radius 2 is 1.93 bits per heavy atom. The minimum Gasteiger partial charge on any atom is -0.495 e. The van der Waals surface area contributed by atoms with Gasteiger partial charge >= 0.3 is 5.97 Å². The van der Waals surface area contributed by atoms with Crippen LogP contribution in [0.25, 0.3) is 11.3 Å². The van der Waals surface area contributed by atoms with Crippen LogP contribution in [0.1, 0.15) is 10.5 Å². The van der Waals surface area contributed by atoms with Crippen molar-refractivity contribution in [1.82, 2.24) is 10.2 Å². The number of carbonyl (C=O) groups excluding carboxylic acids is 2. The largest absolute Gasteiger partial charge is 0.495 e. The Kier molecular flexibility index (Phi) is 5.73. The van der Waals surface area contributed by atoms with Crippen LogP contribution in [-0.2, 0) is 9.53 Å². The van der Waals surface area contributed by atoms with Gasteiger partial charge in [0.05, 0.1) is 17.8 Å². The van der Waals surface area contributed by atoms with Gasteiger partial charge in [-0.15, -0.1) is 0 Å². The van der Waals surface area contributed by atoms with Gasteiger partial charge in [-0.3, -0.25) is 9.89 Å². The molecular formula is C19H16ClN3O4. The predicted octanol–water partition coefficient (Wildman–Crippen LogP) is 3.53. The molecule has 0 saturated carbocycles. The summed E-state index contributed by atoms with van der Waals surface area (Å²) in [5.41, 5.74) is 2.10. The fraction of sp³-hybridized carbons (Fsp3) is 0.105. The summed E-state index contributed by atoms with van der Waals surface area (Å²) in [4.78, 5) is 24.0. The van der Waals surface area contributed by atoms with E-state index in [4.69, 9.17) is 21.1 Å². The lowest BCUT2D eigenvalue weighted by atomic mass is 10.1. The van der Waals surface area contributed by atoms with Crippen LogP contribution in [0.15, 0.2) is 54.6 Å². The molecule has 27 heavy (non-hydrogen) atoms. The Bertz CT molecular complexity index is 957. The Morgan fingerprint density at radius 3 is 2.63 bits per heavy atom. The first-order chi connectivity index (χ1) is 13.1. The van der Waals surface area contributed by atoms with Crippen molar-refractivity contribution in [3.8, 4) is 17.0 Å². The molecule has 0 saturated heterocycles. The molecule has 2 aromatic carbocycles. The highest BCUT2D eigenvalue weighted by Crippen LogP contribution is 2.27. The number of anilines is 1. The van der Waals surface area contributed by atoms with Gasteiger partial charge in [-0.25, -0.2) is 4.79 Å². The van der Waals surface area contributed by atoms with Gasteiger partial charge in [-0.05, 0) is 24.3 Å². The molecule has 0 atom stereocenters. The summed E-state index contributed by atoms with van der Waals surface area (Å²) in [6.07, 6.45) is 0. The van der Waals surface area contributed by atoms with Crippen LogP contribution in [-0.4, -0.2) is 35.8 Å². The molecule has 0 aliphatic rings. The number of nitrogens with zero attached hydrogens (tertiary/aromatic N) is 1. The van der Waals surface area contributed by atoms with Crippen LogP contribution < -0.4 is 10.1 Å². The van der Waals surface area contributed by atoms with Crippen molar-refractivity contribution in [2.24, 2.45) is 0 Å². The molecular weight excluding hydrogens is 370 g/mol. The zero-order valence-electron chi connectivity index (χ0n) is 14.4. The maximum absolute atomic E-state index is 12.1. The monoisotopic (exact) mass is 385 g/mol. The van der Waals surface area contributed by atoms with E-state index < -0.39 is 18.5 Å². The minimum atomic E-state index is -0.674. The van der Waals surface area contributed by atoms with E-state index in [1.54, 1.807) is 24.3 Å². The van der Waals surface area contributed by atoms with Gasteiger partial charge in [-0.2, -0.15) is 5.10 Å². The van der Waals surface area contributed by atoms with Gasteiger partial charge in [0.1, 0.15) is 11.4 Å². The SMILES string of the molecule is COc1ccc(NC(=O)COC(=O)c2cc(-c3ccccc3)n[nH]2)cc1Cl. The van der Waals surface area contributed by atoms with E-state index in [1.165, 1.54) is 7.11 Å². The predicted molar refractivity (Wildman–Crippen MR) is 101 cm³/mol. The van der Waals surface area contributed by atoms with Crippen molar-refractivity contribution in [2.45, 2.75) is 0 Å². The number of aromatic nitrogens is 2. The highest BCUT2D eigenvalue weighted by Gasteiger charge is 2.14. The van der Waals surface area contributed by atoms with Crippen molar-refractivity contribution in [3.63, 3.8) is 0 Å². The molecule has 1 amide bonds. The lowest BCUT2D eigenvalue weighted by Crippen LogP contribution is -2.21. The van der Waals surface area contributed by atoms with Crippen molar-refractivity contribution >= 4 is 29.2 Å². The Labute approximate surface area is 160 Å². The third-order valence-corrected chi connectivity index (χ3v) is 3.93. The van der Waals surface area contributed by atoms with E-state index in [0.717, 1.165) is 5.56 Å². The molecule has 0 fully saturated rings. The van der Waals surface area contributed by atoms with E-state index >= 15 is 0 Å². The van der Waals surface area contributed by atoms with Crippen LogP contribution >= 0.6 is 11.6 Å². The first-order valence-corrected chi connectivity index (χ1v) is 8.36. The van der Waals surface area contributed by atoms with Crippen molar-refractivity contribution < 1.29 is 19.1 Å². The van der Waals surface area contributed by atoms with Gasteiger partial charge in [0, 0.05) is 11.3 Å². The molecule has 138 valence electrons. The van der Waals surface area contributed by atoms with Crippen molar-refractivity contribution in [3.05, 3.63) is 65.3 Å². The molecule has 0 bridgehead atoms. The number of nitrogens with one attached hydrogen (secondary N) is 2. The van der Waals surface area contributed by atoms with E-state index in [1.807, 2.05) is 30.3 Å². The first-order valence-electron chi connectivity index (χ1n) is 7.98. The van der Waals surface area contributed by atoms with Gasteiger partial charge in [0.2, 0.25) is 0 Å². The molecule has 8 heteroatoms. The molecule has 0 radical (unpaired) electrons. The molecule has 2 N–H and O–H groups in total. The average molecular weight is 386 g/mol. The molecule has 3 aromatic rings. The molecule has 0 spiro atoms. The van der Waals surface area contributed by atoms with Crippen LogP contribution in [0, 0.1) is 0 Å². The highest BCUT2D eigenvalue weighted by atomic mass is 35.5. The fourth-order valence-electron chi connectivity index (χ4n) is 2.33. The summed E-state index contributed by atoms with van der Waals surface area (Å²) in [5, 5.41) is 9.63. The lowest BCUT2D eigenvalue weighted by Gasteiger charge is -2.08. The van der Waals surface area contributed by atoms with Gasteiger partial charge in [-0.1, -0.05) is 41.9 Å². The second kappa shape index (κ2) is 8.37. The van der Waals surface area contributed by atoms with Crippen molar-refractivity contribution in [2.75, 3.05) is 19.0 Å². The van der Waals surface area contributed by atoms with E-state index in [2.05, 4.69) is 15.5 Å². The summed E-state index contributed by atoms with van der Waals surface area (Å²) in [6.45, 7) is -0.442. The zero-order valence-corrected chi connectivity index (χ0v) is 15.1. The number of H-pyrrole nitrogens is 1. The summed E-state index contributed by atoms with van der Waals surface area (Å²) >= 11 is 6.00. The van der Waals surface area contributed by atoms with Crippen molar-refractivity contribution in [1.29, 1.82) is 0 Å². The van der Waals surface area contributed by atoms with Crippen LogP contribution in [0.2, 0.25) is 5.02 Å². The molecule has 0 aliphatic heterocycles. The summed E-state index contributed by atoms with van der Waals surface area (Å²) in [7, 11) is 1.50. The van der Waals surface area contributed by atoms with Crippen LogP contribution in [0.5, 0.6) is 5.75 Å². The number of carbonyl (C=O) groups is 2. The Morgan fingerprint density at radius 1 is 1.15 bits per heavy atom. The minimum absolute atomic E-state index is 0.161. The summed E-state index contributed by atoms with van der Waals surface area (Å²) in [5.74, 6) is -0.672. The topological polar surface area (TPSA) is 93.3 Å². The molecule has 0 unspecified atom stereocenters. The number of amides is 1. The second-order valence-electron chi connectivity index (χ2n) is 5.51.